The van der Waals surface area contributed by atoms with Gasteiger partial charge >= 0.3 is 5.97 Å². The maximum Gasteiger partial charge on any atom is 0.306 e. The van der Waals surface area contributed by atoms with E-state index in [1.807, 2.05) is 6.08 Å². The van der Waals surface area contributed by atoms with Crippen LogP contribution in [0.1, 0.15) is 233 Å². The van der Waals surface area contributed by atoms with Crippen LogP contribution in [-0.4, -0.2) is 46.9 Å². The van der Waals surface area contributed by atoms with E-state index >= 15 is 0 Å². The highest BCUT2D eigenvalue weighted by molar-refractivity contribution is 5.78. The van der Waals surface area contributed by atoms with E-state index in [9.17, 15) is 19.8 Å². The molecule has 0 aliphatic carbocycles. The van der Waals surface area contributed by atoms with Gasteiger partial charge in [-0.25, -0.2) is 0 Å². The molecule has 0 aromatic carbocycles. The van der Waals surface area contributed by atoms with Crippen LogP contribution in [0.2, 0.25) is 0 Å². The average Bonchev–Trinajstić information content (AvgIpc) is 3.29. The number of hydrogen-bond acceptors (Lipinski definition) is 5. The van der Waals surface area contributed by atoms with Crippen molar-refractivity contribution in [2.45, 2.75) is 251 Å². The Kier molecular flexibility index (Phi) is 48.2. The summed E-state index contributed by atoms with van der Waals surface area (Å²) in [5, 5.41) is 23.7. The third kappa shape index (κ3) is 45.4. The minimum absolute atomic E-state index is 0.0551. The number of carbonyl (C=O) groups excluding carboxylic acids is 2. The summed E-state index contributed by atoms with van der Waals surface area (Å²) in [6, 6.07) is -0.749. The van der Waals surface area contributed by atoms with Crippen molar-refractivity contribution in [1.82, 2.24) is 5.32 Å². The summed E-state index contributed by atoms with van der Waals surface area (Å²) >= 11 is 0. The molecule has 0 aliphatic rings. The molecule has 3 N–H and O–H groups in total. The molecule has 0 saturated heterocycles. The van der Waals surface area contributed by atoms with Crippen molar-refractivity contribution in [3.63, 3.8) is 0 Å². The predicted octanol–water partition coefficient (Wildman–Crippen LogP) is 16.1. The number of ether oxygens (including phenoxy) is 1. The molecule has 0 aromatic heterocycles. The minimum atomic E-state index is -0.825. The van der Waals surface area contributed by atoms with Gasteiger partial charge in [0.25, 0.3) is 0 Å². The third-order valence-electron chi connectivity index (χ3n) is 11.4. The second-order valence-corrected chi connectivity index (χ2v) is 17.5. The molecule has 0 rings (SSSR count). The first-order chi connectivity index (χ1) is 31.5. The number of aliphatic hydroxyl groups excluding tert-OH is 2. The van der Waals surface area contributed by atoms with Crippen molar-refractivity contribution < 1.29 is 24.5 Å². The lowest BCUT2D eigenvalue weighted by atomic mass is 10.0. The van der Waals surface area contributed by atoms with Gasteiger partial charge in [-0.1, -0.05) is 227 Å². The van der Waals surface area contributed by atoms with E-state index in [2.05, 4.69) is 111 Å². The first kappa shape index (κ1) is 60.8. The van der Waals surface area contributed by atoms with Crippen molar-refractivity contribution in [3.8, 4) is 0 Å². The van der Waals surface area contributed by atoms with E-state index in [1.54, 1.807) is 6.08 Å². The van der Waals surface area contributed by atoms with E-state index in [1.165, 1.54) is 103 Å². The number of aliphatic hydroxyl groups is 2. The molecule has 3 unspecified atom stereocenters. The largest absolute Gasteiger partial charge is 0.458 e. The van der Waals surface area contributed by atoms with Gasteiger partial charge in [-0.05, 0) is 89.5 Å². The fraction of sp³-hybridized carbons (Fsp3) is 0.690. The molecule has 0 fully saturated rings. The molecule has 366 valence electrons. The van der Waals surface area contributed by atoms with Crippen molar-refractivity contribution >= 4 is 11.9 Å². The third-order valence-corrected chi connectivity index (χ3v) is 11.4. The van der Waals surface area contributed by atoms with Crippen LogP contribution in [0.25, 0.3) is 0 Å². The van der Waals surface area contributed by atoms with Crippen LogP contribution in [0.3, 0.4) is 0 Å². The normalized spacial score (nSPS) is 14.0. The molecule has 0 bridgehead atoms. The molecular formula is C58H99NO5. The molecule has 0 heterocycles. The molecule has 0 radical (unpaired) electrons. The second-order valence-electron chi connectivity index (χ2n) is 17.5. The fourth-order valence-electron chi connectivity index (χ4n) is 7.40. The Morgan fingerprint density at radius 2 is 0.875 bits per heavy atom. The summed E-state index contributed by atoms with van der Waals surface area (Å²) in [4.78, 5) is 26.1. The monoisotopic (exact) mass is 890 g/mol. The van der Waals surface area contributed by atoms with E-state index < -0.39 is 18.2 Å². The predicted molar refractivity (Wildman–Crippen MR) is 277 cm³/mol. The number of hydrogen-bond donors (Lipinski definition) is 3. The van der Waals surface area contributed by atoms with Crippen molar-refractivity contribution in [2.24, 2.45) is 0 Å². The Labute approximate surface area is 395 Å². The summed E-state index contributed by atoms with van der Waals surface area (Å²) in [7, 11) is 0. The maximum absolute atomic E-state index is 13.2. The Morgan fingerprint density at radius 1 is 0.484 bits per heavy atom. The summed E-state index contributed by atoms with van der Waals surface area (Å²) < 4.78 is 5.83. The standard InChI is InChI=1S/C58H99NO5/c1-4-7-10-13-16-19-22-24-26-28-30-32-35-37-40-43-46-49-54(52-57(62)59-55(53-60)56(61)50-47-44-41-38-34-21-18-15-12-9-6-3)64-58(63)51-48-45-42-39-36-33-31-29-27-25-23-20-17-14-11-8-5-2/h7,10,16-17,19-20,24-27,30,32,37,40,46,49,54-56,60-61H,4-6,8-9,11-15,18,21-23,28-29,31,33-36,38-39,41-45,47-48,50-53H2,1-3H3,(H,59,62)/b10-7-,19-16-,20-17-,26-24-,27-25-,32-30-,40-37-,49-46-. The molecule has 6 nitrogen and oxygen atoms in total. The Morgan fingerprint density at radius 3 is 1.36 bits per heavy atom. The summed E-state index contributed by atoms with van der Waals surface area (Å²) in [5.74, 6) is -0.644. The number of allylic oxidation sites excluding steroid dienone is 15. The highest BCUT2D eigenvalue weighted by Gasteiger charge is 2.23. The lowest BCUT2D eigenvalue weighted by molar-refractivity contribution is -0.148. The molecule has 6 heteroatoms. The van der Waals surface area contributed by atoms with E-state index in [0.29, 0.717) is 19.3 Å². The molecule has 64 heavy (non-hydrogen) atoms. The van der Waals surface area contributed by atoms with E-state index in [0.717, 1.165) is 83.5 Å². The topological polar surface area (TPSA) is 95.9 Å². The first-order valence-electron chi connectivity index (χ1n) is 26.5. The molecule has 0 aliphatic heterocycles. The van der Waals surface area contributed by atoms with Gasteiger partial charge in [-0.15, -0.1) is 0 Å². The highest BCUT2D eigenvalue weighted by Crippen LogP contribution is 2.15. The fourth-order valence-corrected chi connectivity index (χ4v) is 7.40. The van der Waals surface area contributed by atoms with Crippen LogP contribution in [0, 0.1) is 0 Å². The van der Waals surface area contributed by atoms with Crippen LogP contribution in [0.15, 0.2) is 97.2 Å². The van der Waals surface area contributed by atoms with Crippen molar-refractivity contribution in [1.29, 1.82) is 0 Å². The number of amides is 1. The molecule has 0 aromatic rings. The number of carbonyl (C=O) groups is 2. The highest BCUT2D eigenvalue weighted by atomic mass is 16.5. The van der Waals surface area contributed by atoms with Gasteiger partial charge < -0.3 is 20.3 Å². The second kappa shape index (κ2) is 50.8. The van der Waals surface area contributed by atoms with Crippen LogP contribution in [0.4, 0.5) is 0 Å². The Hall–Kier alpha value is -3.22. The van der Waals surface area contributed by atoms with Gasteiger partial charge in [0.2, 0.25) is 5.91 Å². The summed E-state index contributed by atoms with van der Waals surface area (Å²) in [6.07, 6.45) is 67.8. The molecule has 0 saturated carbocycles. The summed E-state index contributed by atoms with van der Waals surface area (Å²) in [5.41, 5.74) is 0. The number of rotatable bonds is 46. The zero-order chi connectivity index (χ0) is 46.7. The Bertz CT molecular complexity index is 1270. The van der Waals surface area contributed by atoms with Gasteiger partial charge in [-0.3, -0.25) is 9.59 Å². The number of esters is 1. The van der Waals surface area contributed by atoms with Crippen molar-refractivity contribution in [3.05, 3.63) is 97.2 Å². The first-order valence-corrected chi connectivity index (χ1v) is 26.5. The van der Waals surface area contributed by atoms with Gasteiger partial charge in [0, 0.05) is 6.42 Å². The quantitative estimate of drug-likeness (QED) is 0.0321. The number of nitrogens with one attached hydrogen (secondary N) is 1. The lowest BCUT2D eigenvalue weighted by Gasteiger charge is -2.23. The molecule has 1 amide bonds. The Balaban J connectivity index is 4.78. The zero-order valence-electron chi connectivity index (χ0n) is 41.6. The van der Waals surface area contributed by atoms with Gasteiger partial charge in [0.1, 0.15) is 6.10 Å². The molecule has 3 atom stereocenters. The van der Waals surface area contributed by atoms with E-state index in [-0.39, 0.29) is 24.9 Å². The van der Waals surface area contributed by atoms with Gasteiger partial charge in [0.05, 0.1) is 25.2 Å². The summed E-state index contributed by atoms with van der Waals surface area (Å²) in [6.45, 7) is 6.30. The smallest absolute Gasteiger partial charge is 0.306 e. The SMILES string of the molecule is CC/C=C\C/C=C\C/C=C\C/C=C\C/C=C\C/C=C\C(CC(=O)NC(CO)C(O)CCCCCCCCCCCCC)OC(=O)CCCCCCCCC/C=C\C/C=C\CCCCC. The minimum Gasteiger partial charge on any atom is -0.458 e. The zero-order valence-corrected chi connectivity index (χ0v) is 41.6. The van der Waals surface area contributed by atoms with Crippen LogP contribution in [-0.2, 0) is 14.3 Å². The van der Waals surface area contributed by atoms with Crippen LogP contribution < -0.4 is 5.32 Å². The van der Waals surface area contributed by atoms with Gasteiger partial charge in [-0.2, -0.15) is 0 Å². The van der Waals surface area contributed by atoms with Crippen LogP contribution in [0.5, 0.6) is 0 Å². The molecule has 0 spiro atoms. The lowest BCUT2D eigenvalue weighted by Crippen LogP contribution is -2.46. The van der Waals surface area contributed by atoms with Crippen molar-refractivity contribution in [2.75, 3.05) is 6.61 Å². The van der Waals surface area contributed by atoms with E-state index in [4.69, 9.17) is 4.74 Å². The maximum atomic E-state index is 13.2. The number of unbranched alkanes of at least 4 members (excludes halogenated alkanes) is 20. The average molecular weight is 890 g/mol. The van der Waals surface area contributed by atoms with Gasteiger partial charge in [0.15, 0.2) is 0 Å². The molecular weight excluding hydrogens is 791 g/mol. The van der Waals surface area contributed by atoms with Crippen LogP contribution >= 0.6 is 0 Å².